The summed E-state index contributed by atoms with van der Waals surface area (Å²) >= 11 is 0. The van der Waals surface area contributed by atoms with Gasteiger partial charge in [0, 0.05) is 48.7 Å². The molecule has 0 radical (unpaired) electrons. The maximum Gasteiger partial charge on any atom is 0.238 e. The van der Waals surface area contributed by atoms with E-state index in [1.165, 1.54) is 38.5 Å². The van der Waals surface area contributed by atoms with E-state index in [9.17, 15) is 9.18 Å². The molecule has 2 atom stereocenters. The predicted octanol–water partition coefficient (Wildman–Crippen LogP) is 6.19. The van der Waals surface area contributed by atoms with Crippen LogP contribution in [0.1, 0.15) is 70.4 Å². The van der Waals surface area contributed by atoms with Gasteiger partial charge in [-0.15, -0.1) is 0 Å². The van der Waals surface area contributed by atoms with Gasteiger partial charge in [-0.2, -0.15) is 0 Å². The zero-order chi connectivity index (χ0) is 31.9. The second-order valence-electron chi connectivity index (χ2n) is 15.0. The molecular formula is C37H43FN8O. The Morgan fingerprint density at radius 1 is 1.02 bits per heavy atom. The molecule has 4 fully saturated rings. The monoisotopic (exact) mass is 634 g/mol. The number of carbonyl (C=O) groups is 1. The number of fused-ring (bicyclic) bond motifs is 5. The van der Waals surface area contributed by atoms with Crippen LogP contribution in [0.4, 0.5) is 21.6 Å². The second-order valence-corrected chi connectivity index (χ2v) is 15.0. The molecule has 1 amide bonds. The van der Waals surface area contributed by atoms with Crippen LogP contribution >= 0.6 is 0 Å². The number of halogens is 1. The van der Waals surface area contributed by atoms with Gasteiger partial charge >= 0.3 is 0 Å². The topological polar surface area (TPSA) is 91.2 Å². The number of pyridine rings is 2. The van der Waals surface area contributed by atoms with Crippen molar-refractivity contribution in [1.82, 2.24) is 29.7 Å². The molecule has 9 rings (SSSR count). The summed E-state index contributed by atoms with van der Waals surface area (Å²) in [5.74, 6) is 2.11. The van der Waals surface area contributed by atoms with Crippen LogP contribution in [0.15, 0.2) is 49.1 Å². The molecule has 3 aromatic heterocycles. The molecular weight excluding hydrogens is 591 g/mol. The van der Waals surface area contributed by atoms with Crippen LogP contribution in [-0.4, -0.2) is 68.6 Å². The van der Waals surface area contributed by atoms with E-state index >= 15 is 0 Å². The molecule has 10 heteroatoms. The summed E-state index contributed by atoms with van der Waals surface area (Å²) in [4.78, 5) is 33.2. The van der Waals surface area contributed by atoms with Gasteiger partial charge in [-0.3, -0.25) is 14.7 Å². The Kier molecular flexibility index (Phi) is 6.90. The standard InChI is InChI=1S/C37H43FN8O/c1-22(2)45-21-41-32-17-31(43-35(34(32)45)42-30-7-10-40-18-29(30)38)25-5-6-28-33(14-25)46(36(47)37(28)8-11-39-12-9-37)27-15-26(16-27)44-19-23-3-4-24(13-23)20-44/h5-7,10,14,17-18,21-24,26-27,39H,3-4,8-9,11-13,15-16,19-20H2,1-2H3,(H,40,42,43). The fraction of sp³-hybridized carbons (Fsp3) is 0.514. The third-order valence-electron chi connectivity index (χ3n) is 11.9. The van der Waals surface area contributed by atoms with E-state index in [0.29, 0.717) is 17.5 Å². The number of hydrogen-bond acceptors (Lipinski definition) is 7. The summed E-state index contributed by atoms with van der Waals surface area (Å²) in [6.45, 7) is 8.35. The van der Waals surface area contributed by atoms with Gasteiger partial charge in [0.25, 0.3) is 0 Å². The Bertz CT molecular complexity index is 1850. The highest BCUT2D eigenvalue weighted by atomic mass is 19.1. The van der Waals surface area contributed by atoms with Crippen molar-refractivity contribution in [2.45, 2.75) is 82.3 Å². The summed E-state index contributed by atoms with van der Waals surface area (Å²) in [5, 5.41) is 6.73. The molecule has 9 nitrogen and oxygen atoms in total. The third kappa shape index (κ3) is 4.70. The Balaban J connectivity index is 1.09. The van der Waals surface area contributed by atoms with E-state index in [1.807, 2.05) is 12.4 Å². The van der Waals surface area contributed by atoms with Crippen LogP contribution in [0.5, 0.6) is 0 Å². The molecule has 2 saturated heterocycles. The molecule has 5 aliphatic rings. The Labute approximate surface area is 275 Å². The normalized spacial score (nSPS) is 26.7. The zero-order valence-corrected chi connectivity index (χ0v) is 27.3. The van der Waals surface area contributed by atoms with Crippen LogP contribution in [0.25, 0.3) is 22.3 Å². The smallest absolute Gasteiger partial charge is 0.238 e. The SMILES string of the molecule is CC(C)n1cnc2cc(-c3ccc4c(c3)N(C3CC(N5CC6CCC(C6)C5)C3)C(=O)C43CCNCC3)nc(Nc3ccncc3F)c21. The number of amides is 1. The Morgan fingerprint density at radius 2 is 1.81 bits per heavy atom. The minimum atomic E-state index is -0.465. The number of imidazole rings is 1. The van der Waals surface area contributed by atoms with E-state index in [2.05, 4.69) is 62.0 Å². The van der Waals surface area contributed by atoms with E-state index in [4.69, 9.17) is 9.97 Å². The summed E-state index contributed by atoms with van der Waals surface area (Å²) in [6.07, 6.45) is 12.5. The van der Waals surface area contributed by atoms with Crippen molar-refractivity contribution in [3.05, 3.63) is 60.4 Å². The van der Waals surface area contributed by atoms with Crippen molar-refractivity contribution in [3.63, 3.8) is 0 Å². The van der Waals surface area contributed by atoms with Crippen molar-refractivity contribution in [1.29, 1.82) is 0 Å². The molecule has 4 aromatic rings. The number of rotatable bonds is 6. The van der Waals surface area contributed by atoms with Gasteiger partial charge in [0.2, 0.25) is 5.91 Å². The van der Waals surface area contributed by atoms with Crippen molar-refractivity contribution in [2.24, 2.45) is 11.8 Å². The van der Waals surface area contributed by atoms with Crippen LogP contribution in [0.3, 0.4) is 0 Å². The molecule has 2 saturated carbocycles. The summed E-state index contributed by atoms with van der Waals surface area (Å²) in [6, 6.07) is 11.0. The Hall–Kier alpha value is -3.89. The lowest BCUT2D eigenvalue weighted by atomic mass is 9.74. The maximum atomic E-state index is 14.8. The van der Waals surface area contributed by atoms with Crippen LogP contribution < -0.4 is 15.5 Å². The predicted molar refractivity (Wildman–Crippen MR) is 181 cm³/mol. The van der Waals surface area contributed by atoms with E-state index in [-0.39, 0.29) is 18.0 Å². The third-order valence-corrected chi connectivity index (χ3v) is 11.9. The first kappa shape index (κ1) is 29.3. The number of hydrogen-bond donors (Lipinski definition) is 2. The van der Waals surface area contributed by atoms with Gasteiger partial charge in [-0.1, -0.05) is 12.1 Å². The van der Waals surface area contributed by atoms with Crippen molar-refractivity contribution in [2.75, 3.05) is 36.4 Å². The number of carbonyl (C=O) groups excluding carboxylic acids is 1. The number of piperidine rings is 2. The van der Waals surface area contributed by atoms with E-state index < -0.39 is 11.2 Å². The van der Waals surface area contributed by atoms with Crippen LogP contribution in [0, 0.1) is 17.7 Å². The maximum absolute atomic E-state index is 14.8. The van der Waals surface area contributed by atoms with Crippen LogP contribution in [0.2, 0.25) is 0 Å². The summed E-state index contributed by atoms with van der Waals surface area (Å²) in [7, 11) is 0. The zero-order valence-electron chi connectivity index (χ0n) is 27.3. The molecule has 244 valence electrons. The van der Waals surface area contributed by atoms with Crippen LogP contribution in [-0.2, 0) is 10.2 Å². The average molecular weight is 635 g/mol. The quantitative estimate of drug-likeness (QED) is 0.262. The minimum Gasteiger partial charge on any atom is -0.336 e. The lowest BCUT2D eigenvalue weighted by molar-refractivity contribution is -0.125. The number of likely N-dealkylation sites (tertiary alicyclic amines) is 1. The highest BCUT2D eigenvalue weighted by molar-refractivity contribution is 6.09. The first-order valence-electron chi connectivity index (χ1n) is 17.6. The average Bonchev–Trinajstić information content (AvgIpc) is 3.71. The van der Waals surface area contributed by atoms with E-state index in [0.717, 1.165) is 84.2 Å². The summed E-state index contributed by atoms with van der Waals surface area (Å²) in [5.41, 5.74) is 5.31. The van der Waals surface area contributed by atoms with Gasteiger partial charge in [0.15, 0.2) is 11.6 Å². The highest BCUT2D eigenvalue weighted by Gasteiger charge is 2.55. The molecule has 6 heterocycles. The first-order chi connectivity index (χ1) is 22.9. The number of nitrogens with zero attached hydrogens (tertiary/aromatic N) is 6. The van der Waals surface area contributed by atoms with Crippen molar-refractivity contribution in [3.8, 4) is 11.3 Å². The van der Waals surface area contributed by atoms with Gasteiger partial charge in [-0.25, -0.2) is 14.4 Å². The van der Waals surface area contributed by atoms with Gasteiger partial charge in [0.05, 0.1) is 34.8 Å². The largest absolute Gasteiger partial charge is 0.336 e. The number of benzene rings is 1. The minimum absolute atomic E-state index is 0.141. The molecule has 47 heavy (non-hydrogen) atoms. The van der Waals surface area contributed by atoms with Gasteiger partial charge in [0.1, 0.15) is 5.52 Å². The number of nitrogens with one attached hydrogen (secondary N) is 2. The fourth-order valence-corrected chi connectivity index (χ4v) is 9.35. The van der Waals surface area contributed by atoms with Crippen molar-refractivity contribution >= 4 is 34.1 Å². The summed E-state index contributed by atoms with van der Waals surface area (Å²) < 4.78 is 16.8. The molecule has 2 unspecified atom stereocenters. The first-order valence-corrected chi connectivity index (χ1v) is 17.6. The molecule has 3 aliphatic heterocycles. The fourth-order valence-electron chi connectivity index (χ4n) is 9.35. The van der Waals surface area contributed by atoms with Crippen molar-refractivity contribution < 1.29 is 9.18 Å². The van der Waals surface area contributed by atoms with E-state index in [1.54, 1.807) is 12.3 Å². The van der Waals surface area contributed by atoms with Gasteiger partial charge < -0.3 is 20.1 Å². The molecule has 2 bridgehead atoms. The molecule has 1 spiro atoms. The lowest BCUT2D eigenvalue weighted by Crippen LogP contribution is -2.59. The second kappa shape index (κ2) is 11.1. The highest BCUT2D eigenvalue weighted by Crippen LogP contribution is 2.52. The lowest BCUT2D eigenvalue weighted by Gasteiger charge is -2.49. The molecule has 1 aromatic carbocycles. The van der Waals surface area contributed by atoms with Gasteiger partial charge in [-0.05, 0) is 107 Å². The molecule has 2 N–H and O–H groups in total. The number of aromatic nitrogens is 4. The number of anilines is 3. The molecule has 2 aliphatic carbocycles. The Morgan fingerprint density at radius 3 is 2.55 bits per heavy atom.